The number of hydrogen-bond donors (Lipinski definition) is 1. The Balaban J connectivity index is 1.65. The summed E-state index contributed by atoms with van der Waals surface area (Å²) < 4.78 is 5.69. The van der Waals surface area contributed by atoms with Crippen LogP contribution in [0, 0.1) is 19.8 Å². The van der Waals surface area contributed by atoms with Crippen LogP contribution in [0.15, 0.2) is 4.42 Å². The van der Waals surface area contributed by atoms with Crippen molar-refractivity contribution in [1.29, 1.82) is 0 Å². The lowest BCUT2D eigenvalue weighted by molar-refractivity contribution is 0.112. The van der Waals surface area contributed by atoms with Gasteiger partial charge < -0.3 is 9.73 Å². The summed E-state index contributed by atoms with van der Waals surface area (Å²) >= 11 is 0. The van der Waals surface area contributed by atoms with Crippen LogP contribution in [0.4, 0.5) is 0 Å². The second-order valence-corrected chi connectivity index (χ2v) is 6.08. The molecule has 3 rings (SSSR count). The summed E-state index contributed by atoms with van der Waals surface area (Å²) in [5.41, 5.74) is 1.32. The third kappa shape index (κ3) is 2.31. The molecule has 0 amide bonds. The molecule has 1 aliphatic heterocycles. The lowest BCUT2D eigenvalue weighted by Crippen LogP contribution is -2.59. The van der Waals surface area contributed by atoms with Gasteiger partial charge in [0, 0.05) is 25.2 Å². The van der Waals surface area contributed by atoms with E-state index in [1.165, 1.54) is 12.8 Å². The summed E-state index contributed by atoms with van der Waals surface area (Å²) in [6.45, 7) is 10.5. The first-order valence-corrected chi connectivity index (χ1v) is 6.97. The minimum Gasteiger partial charge on any atom is -0.444 e. The maximum Gasteiger partial charge on any atom is 0.208 e. The van der Waals surface area contributed by atoms with Gasteiger partial charge in [-0.05, 0) is 39.5 Å². The van der Waals surface area contributed by atoms with Gasteiger partial charge in [-0.15, -0.1) is 0 Å². The summed E-state index contributed by atoms with van der Waals surface area (Å²) in [7, 11) is 0. The van der Waals surface area contributed by atoms with Gasteiger partial charge in [0.1, 0.15) is 5.76 Å². The number of oxazole rings is 1. The monoisotopic (exact) mass is 249 g/mol. The molecule has 1 unspecified atom stereocenters. The van der Waals surface area contributed by atoms with E-state index in [1.807, 2.05) is 13.8 Å². The topological polar surface area (TPSA) is 41.3 Å². The smallest absolute Gasteiger partial charge is 0.208 e. The highest BCUT2D eigenvalue weighted by Crippen LogP contribution is 2.40. The third-order valence-corrected chi connectivity index (χ3v) is 4.42. The number of aryl methyl sites for hydroxylation is 2. The SMILES string of the molecule is Cc1nc(CN2CCNC(C)(C3CC3)C2)oc1C. The van der Waals surface area contributed by atoms with Gasteiger partial charge in [0.05, 0.1) is 12.2 Å². The molecule has 2 heterocycles. The Hall–Kier alpha value is -0.870. The van der Waals surface area contributed by atoms with Crippen LogP contribution in [0.3, 0.4) is 0 Å². The summed E-state index contributed by atoms with van der Waals surface area (Å²) in [6, 6.07) is 0. The van der Waals surface area contributed by atoms with Gasteiger partial charge >= 0.3 is 0 Å². The molecular formula is C14H23N3O. The lowest BCUT2D eigenvalue weighted by Gasteiger charge is -2.41. The first-order valence-electron chi connectivity index (χ1n) is 6.97. The fourth-order valence-electron chi connectivity index (χ4n) is 3.03. The van der Waals surface area contributed by atoms with Crippen molar-refractivity contribution in [1.82, 2.24) is 15.2 Å². The van der Waals surface area contributed by atoms with Crippen molar-refractivity contribution in [3.8, 4) is 0 Å². The number of nitrogens with one attached hydrogen (secondary N) is 1. The fraction of sp³-hybridized carbons (Fsp3) is 0.786. The Bertz CT molecular complexity index is 419. The van der Waals surface area contributed by atoms with Crippen LogP contribution in [0.2, 0.25) is 0 Å². The van der Waals surface area contributed by atoms with Crippen molar-refractivity contribution < 1.29 is 4.42 Å². The molecule has 18 heavy (non-hydrogen) atoms. The maximum absolute atomic E-state index is 5.69. The van der Waals surface area contributed by atoms with Gasteiger partial charge in [-0.25, -0.2) is 4.98 Å². The molecule has 0 spiro atoms. The molecule has 4 nitrogen and oxygen atoms in total. The summed E-state index contributed by atoms with van der Waals surface area (Å²) in [5.74, 6) is 2.68. The number of rotatable bonds is 3. The molecule has 2 fully saturated rings. The zero-order chi connectivity index (χ0) is 12.8. The van der Waals surface area contributed by atoms with Crippen LogP contribution < -0.4 is 5.32 Å². The van der Waals surface area contributed by atoms with Crippen molar-refractivity contribution >= 4 is 0 Å². The number of aromatic nitrogens is 1. The van der Waals surface area contributed by atoms with Gasteiger partial charge in [0.25, 0.3) is 0 Å². The van der Waals surface area contributed by atoms with Crippen molar-refractivity contribution in [3.05, 3.63) is 17.3 Å². The van der Waals surface area contributed by atoms with E-state index >= 15 is 0 Å². The van der Waals surface area contributed by atoms with Gasteiger partial charge in [-0.3, -0.25) is 4.90 Å². The van der Waals surface area contributed by atoms with E-state index in [1.54, 1.807) is 0 Å². The van der Waals surface area contributed by atoms with Crippen LogP contribution in [0.25, 0.3) is 0 Å². The van der Waals surface area contributed by atoms with E-state index in [0.717, 1.165) is 49.4 Å². The van der Waals surface area contributed by atoms with Crippen molar-refractivity contribution in [2.24, 2.45) is 5.92 Å². The van der Waals surface area contributed by atoms with Gasteiger partial charge in [0.2, 0.25) is 5.89 Å². The van der Waals surface area contributed by atoms with Crippen LogP contribution in [-0.4, -0.2) is 35.1 Å². The Morgan fingerprint density at radius 2 is 2.22 bits per heavy atom. The zero-order valence-electron chi connectivity index (χ0n) is 11.6. The number of hydrogen-bond acceptors (Lipinski definition) is 4. The summed E-state index contributed by atoms with van der Waals surface area (Å²) in [6.07, 6.45) is 2.77. The molecular weight excluding hydrogens is 226 g/mol. The Labute approximate surface area is 109 Å². The average Bonchev–Trinajstić information content (AvgIpc) is 3.08. The molecule has 1 saturated carbocycles. The highest BCUT2D eigenvalue weighted by molar-refractivity contribution is 5.06. The van der Waals surface area contributed by atoms with E-state index in [9.17, 15) is 0 Å². The fourth-order valence-corrected chi connectivity index (χ4v) is 3.03. The standard InChI is InChI=1S/C14H23N3O/c1-10-11(2)18-13(16-10)8-17-7-6-15-14(3,9-17)12-4-5-12/h12,15H,4-9H2,1-3H3. The van der Waals surface area contributed by atoms with E-state index in [2.05, 4.69) is 22.1 Å². The minimum atomic E-state index is 0.301. The molecule has 0 radical (unpaired) electrons. The maximum atomic E-state index is 5.69. The Kier molecular flexibility index (Phi) is 2.94. The largest absolute Gasteiger partial charge is 0.444 e. The Morgan fingerprint density at radius 1 is 1.44 bits per heavy atom. The predicted molar refractivity (Wildman–Crippen MR) is 70.4 cm³/mol. The highest BCUT2D eigenvalue weighted by Gasteiger charge is 2.43. The van der Waals surface area contributed by atoms with Crippen molar-refractivity contribution in [2.45, 2.75) is 45.7 Å². The molecule has 0 aromatic carbocycles. The molecule has 0 bridgehead atoms. The van der Waals surface area contributed by atoms with Gasteiger partial charge in [-0.2, -0.15) is 0 Å². The number of piperazine rings is 1. The van der Waals surface area contributed by atoms with Crippen LogP contribution in [0.1, 0.15) is 37.1 Å². The summed E-state index contributed by atoms with van der Waals surface area (Å²) in [4.78, 5) is 6.96. The molecule has 1 aromatic heterocycles. The van der Waals surface area contributed by atoms with E-state index in [-0.39, 0.29) is 0 Å². The van der Waals surface area contributed by atoms with E-state index < -0.39 is 0 Å². The highest BCUT2D eigenvalue weighted by atomic mass is 16.4. The molecule has 1 saturated heterocycles. The molecule has 1 aromatic rings. The normalized spacial score (nSPS) is 29.7. The van der Waals surface area contributed by atoms with Crippen molar-refractivity contribution in [2.75, 3.05) is 19.6 Å². The number of nitrogens with zero attached hydrogens (tertiary/aromatic N) is 2. The lowest BCUT2D eigenvalue weighted by atomic mass is 9.93. The minimum absolute atomic E-state index is 0.301. The second-order valence-electron chi connectivity index (χ2n) is 6.08. The zero-order valence-corrected chi connectivity index (χ0v) is 11.6. The quantitative estimate of drug-likeness (QED) is 0.888. The molecule has 1 atom stereocenters. The van der Waals surface area contributed by atoms with E-state index in [0.29, 0.717) is 5.54 Å². The third-order valence-electron chi connectivity index (χ3n) is 4.42. The van der Waals surface area contributed by atoms with Crippen LogP contribution in [0.5, 0.6) is 0 Å². The predicted octanol–water partition coefficient (Wildman–Crippen LogP) is 1.87. The van der Waals surface area contributed by atoms with E-state index in [4.69, 9.17) is 4.42 Å². The second kappa shape index (κ2) is 4.35. The molecule has 100 valence electrons. The molecule has 2 aliphatic rings. The molecule has 1 aliphatic carbocycles. The first kappa shape index (κ1) is 12.2. The van der Waals surface area contributed by atoms with Crippen LogP contribution >= 0.6 is 0 Å². The van der Waals surface area contributed by atoms with Gasteiger partial charge in [-0.1, -0.05) is 0 Å². The average molecular weight is 249 g/mol. The van der Waals surface area contributed by atoms with Gasteiger partial charge in [0.15, 0.2) is 0 Å². The van der Waals surface area contributed by atoms with Crippen LogP contribution in [-0.2, 0) is 6.54 Å². The first-order chi connectivity index (χ1) is 8.57. The Morgan fingerprint density at radius 3 is 2.83 bits per heavy atom. The molecule has 4 heteroatoms. The van der Waals surface area contributed by atoms with Crippen molar-refractivity contribution in [3.63, 3.8) is 0 Å². The summed E-state index contributed by atoms with van der Waals surface area (Å²) in [5, 5.41) is 3.70. The molecule has 1 N–H and O–H groups in total.